The fraction of sp³-hybridized carbons (Fsp3) is 0.579. The maximum Gasteiger partial charge on any atom is 0.229 e. The SMILES string of the molecule is CCc1ccccc1Cc1noc(C2CCN(C3CC3)CC2)n1. The van der Waals surface area contributed by atoms with Gasteiger partial charge in [-0.3, -0.25) is 0 Å². The number of hydrogen-bond acceptors (Lipinski definition) is 4. The second-order valence-corrected chi connectivity index (χ2v) is 6.89. The van der Waals surface area contributed by atoms with E-state index >= 15 is 0 Å². The molecule has 23 heavy (non-hydrogen) atoms. The van der Waals surface area contributed by atoms with Gasteiger partial charge in [0.25, 0.3) is 0 Å². The minimum absolute atomic E-state index is 0.452. The third-order valence-electron chi connectivity index (χ3n) is 5.27. The van der Waals surface area contributed by atoms with Crippen LogP contribution in [0.4, 0.5) is 0 Å². The van der Waals surface area contributed by atoms with Crippen LogP contribution in [0, 0.1) is 0 Å². The smallest absolute Gasteiger partial charge is 0.229 e. The van der Waals surface area contributed by atoms with E-state index in [1.54, 1.807) is 0 Å². The Bertz CT molecular complexity index is 654. The molecule has 1 aliphatic heterocycles. The van der Waals surface area contributed by atoms with Gasteiger partial charge in [0, 0.05) is 18.4 Å². The Morgan fingerprint density at radius 3 is 2.52 bits per heavy atom. The van der Waals surface area contributed by atoms with Crippen LogP contribution < -0.4 is 0 Å². The lowest BCUT2D eigenvalue weighted by Crippen LogP contribution is -2.34. The summed E-state index contributed by atoms with van der Waals surface area (Å²) in [5.74, 6) is 2.13. The van der Waals surface area contributed by atoms with Gasteiger partial charge in [0.2, 0.25) is 5.89 Å². The lowest BCUT2D eigenvalue weighted by molar-refractivity contribution is 0.186. The largest absolute Gasteiger partial charge is 0.339 e. The van der Waals surface area contributed by atoms with Gasteiger partial charge in [0.05, 0.1) is 0 Å². The first-order chi connectivity index (χ1) is 11.3. The fourth-order valence-electron chi connectivity index (χ4n) is 3.70. The number of piperidine rings is 1. The van der Waals surface area contributed by atoms with Crippen molar-refractivity contribution in [2.24, 2.45) is 0 Å². The molecule has 2 heterocycles. The summed E-state index contributed by atoms with van der Waals surface area (Å²) in [6.45, 7) is 4.56. The summed E-state index contributed by atoms with van der Waals surface area (Å²) in [6.07, 6.45) is 6.92. The van der Waals surface area contributed by atoms with Crippen molar-refractivity contribution in [3.63, 3.8) is 0 Å². The highest BCUT2D eigenvalue weighted by Gasteiger charge is 2.33. The Morgan fingerprint density at radius 2 is 1.83 bits per heavy atom. The van der Waals surface area contributed by atoms with Crippen LogP contribution in [0.25, 0.3) is 0 Å². The highest BCUT2D eigenvalue weighted by atomic mass is 16.5. The monoisotopic (exact) mass is 311 g/mol. The average molecular weight is 311 g/mol. The molecule has 2 fully saturated rings. The molecular weight excluding hydrogens is 286 g/mol. The minimum Gasteiger partial charge on any atom is -0.339 e. The predicted molar refractivity (Wildman–Crippen MR) is 89.5 cm³/mol. The molecule has 0 spiro atoms. The third kappa shape index (κ3) is 3.32. The van der Waals surface area contributed by atoms with Gasteiger partial charge >= 0.3 is 0 Å². The van der Waals surface area contributed by atoms with Crippen LogP contribution in [0.3, 0.4) is 0 Å². The number of aromatic nitrogens is 2. The quantitative estimate of drug-likeness (QED) is 0.846. The van der Waals surface area contributed by atoms with E-state index in [-0.39, 0.29) is 0 Å². The molecular formula is C19H25N3O. The first-order valence-electron chi connectivity index (χ1n) is 8.96. The zero-order chi connectivity index (χ0) is 15.6. The maximum absolute atomic E-state index is 5.58. The van der Waals surface area contributed by atoms with E-state index in [4.69, 9.17) is 9.51 Å². The van der Waals surface area contributed by atoms with E-state index < -0.39 is 0 Å². The third-order valence-corrected chi connectivity index (χ3v) is 5.27. The first-order valence-corrected chi connectivity index (χ1v) is 8.96. The molecule has 1 saturated carbocycles. The number of nitrogens with zero attached hydrogens (tertiary/aromatic N) is 3. The summed E-state index contributed by atoms with van der Waals surface area (Å²) in [7, 11) is 0. The highest BCUT2D eigenvalue weighted by molar-refractivity contribution is 5.29. The molecule has 2 aromatic rings. The van der Waals surface area contributed by atoms with Gasteiger partial charge in [0.15, 0.2) is 5.82 Å². The molecule has 1 aromatic carbocycles. The summed E-state index contributed by atoms with van der Waals surface area (Å²) in [6, 6.07) is 9.41. The van der Waals surface area contributed by atoms with Crippen molar-refractivity contribution in [1.29, 1.82) is 0 Å². The average Bonchev–Trinajstić information content (AvgIpc) is 3.35. The van der Waals surface area contributed by atoms with Crippen LogP contribution in [0.1, 0.15) is 61.4 Å². The molecule has 4 rings (SSSR count). The standard InChI is InChI=1S/C19H25N3O/c1-2-14-5-3-4-6-16(14)13-18-20-19(23-21-18)15-9-11-22(12-10-15)17-7-8-17/h3-6,15,17H,2,7-13H2,1H3. The van der Waals surface area contributed by atoms with Crippen molar-refractivity contribution in [1.82, 2.24) is 15.0 Å². The van der Waals surface area contributed by atoms with Crippen LogP contribution in [0.15, 0.2) is 28.8 Å². The lowest BCUT2D eigenvalue weighted by Gasteiger charge is -2.30. The summed E-state index contributed by atoms with van der Waals surface area (Å²) in [5, 5.41) is 4.23. The van der Waals surface area contributed by atoms with E-state index in [9.17, 15) is 0 Å². The highest BCUT2D eigenvalue weighted by Crippen LogP contribution is 2.34. The zero-order valence-electron chi connectivity index (χ0n) is 13.9. The van der Waals surface area contributed by atoms with E-state index in [2.05, 4.69) is 41.2 Å². The minimum atomic E-state index is 0.452. The van der Waals surface area contributed by atoms with E-state index in [1.807, 2.05) is 0 Å². The zero-order valence-corrected chi connectivity index (χ0v) is 13.9. The Labute approximate surface area is 137 Å². The van der Waals surface area contributed by atoms with Crippen LogP contribution in [0.2, 0.25) is 0 Å². The van der Waals surface area contributed by atoms with Gasteiger partial charge in [-0.05, 0) is 56.3 Å². The normalized spacial score (nSPS) is 20.0. The van der Waals surface area contributed by atoms with E-state index in [0.29, 0.717) is 5.92 Å². The van der Waals surface area contributed by atoms with Crippen molar-refractivity contribution in [2.75, 3.05) is 13.1 Å². The predicted octanol–water partition coefficient (Wildman–Crippen LogP) is 3.56. The van der Waals surface area contributed by atoms with Gasteiger partial charge in [-0.15, -0.1) is 0 Å². The summed E-state index contributed by atoms with van der Waals surface area (Å²) < 4.78 is 5.58. The topological polar surface area (TPSA) is 42.2 Å². The number of rotatable bonds is 5. The fourth-order valence-corrected chi connectivity index (χ4v) is 3.70. The van der Waals surface area contributed by atoms with E-state index in [1.165, 1.54) is 37.1 Å². The molecule has 0 unspecified atom stereocenters. The Balaban J connectivity index is 1.40. The van der Waals surface area contributed by atoms with Crippen molar-refractivity contribution in [2.45, 2.75) is 57.4 Å². The van der Waals surface area contributed by atoms with Gasteiger partial charge in [0.1, 0.15) is 0 Å². The lowest BCUT2D eigenvalue weighted by atomic mass is 9.96. The number of hydrogen-bond donors (Lipinski definition) is 0. The number of likely N-dealkylation sites (tertiary alicyclic amines) is 1. The van der Waals surface area contributed by atoms with Crippen molar-refractivity contribution >= 4 is 0 Å². The molecule has 1 saturated heterocycles. The van der Waals surface area contributed by atoms with E-state index in [0.717, 1.165) is 43.4 Å². The summed E-state index contributed by atoms with van der Waals surface area (Å²) >= 11 is 0. The second kappa shape index (κ2) is 6.44. The molecule has 0 atom stereocenters. The van der Waals surface area contributed by atoms with Crippen LogP contribution in [-0.4, -0.2) is 34.2 Å². The van der Waals surface area contributed by atoms with Crippen LogP contribution in [-0.2, 0) is 12.8 Å². The van der Waals surface area contributed by atoms with Crippen LogP contribution in [0.5, 0.6) is 0 Å². The van der Waals surface area contributed by atoms with Crippen LogP contribution >= 0.6 is 0 Å². The van der Waals surface area contributed by atoms with Gasteiger partial charge in [-0.2, -0.15) is 4.98 Å². The second-order valence-electron chi connectivity index (χ2n) is 6.89. The molecule has 4 heteroatoms. The van der Waals surface area contributed by atoms with Gasteiger partial charge in [-0.25, -0.2) is 0 Å². The Morgan fingerprint density at radius 1 is 1.09 bits per heavy atom. The summed E-state index contributed by atoms with van der Waals surface area (Å²) in [4.78, 5) is 7.32. The molecule has 0 radical (unpaired) electrons. The molecule has 0 bridgehead atoms. The molecule has 4 nitrogen and oxygen atoms in total. The van der Waals surface area contributed by atoms with Crippen molar-refractivity contribution in [3.05, 3.63) is 47.1 Å². The molecule has 0 amide bonds. The summed E-state index contributed by atoms with van der Waals surface area (Å²) in [5.41, 5.74) is 2.68. The Kier molecular flexibility index (Phi) is 4.17. The Hall–Kier alpha value is -1.68. The maximum atomic E-state index is 5.58. The first kappa shape index (κ1) is 14.9. The molecule has 1 aromatic heterocycles. The van der Waals surface area contributed by atoms with Crippen molar-refractivity contribution in [3.8, 4) is 0 Å². The number of benzene rings is 1. The van der Waals surface area contributed by atoms with Gasteiger partial charge < -0.3 is 9.42 Å². The number of aryl methyl sites for hydroxylation is 1. The molecule has 2 aliphatic rings. The molecule has 1 aliphatic carbocycles. The van der Waals surface area contributed by atoms with Gasteiger partial charge in [-0.1, -0.05) is 36.3 Å². The van der Waals surface area contributed by atoms with Crippen molar-refractivity contribution < 1.29 is 4.52 Å². The molecule has 0 N–H and O–H groups in total. The molecule has 122 valence electrons.